The molecule has 2 aliphatic heterocycles. The van der Waals surface area contributed by atoms with E-state index in [0.717, 1.165) is 56.3 Å². The van der Waals surface area contributed by atoms with Gasteiger partial charge in [0, 0.05) is 38.4 Å². The van der Waals surface area contributed by atoms with E-state index in [0.29, 0.717) is 11.4 Å². The van der Waals surface area contributed by atoms with Gasteiger partial charge in [0.05, 0.1) is 5.69 Å². The Bertz CT molecular complexity index is 917. The fraction of sp³-hybridized carbons (Fsp3) is 0.429. The Morgan fingerprint density at radius 1 is 1.07 bits per heavy atom. The first kappa shape index (κ1) is 18.6. The number of likely N-dealkylation sites (N-methyl/N-ethyl adjacent to an activating group) is 1. The number of anilines is 2. The van der Waals surface area contributed by atoms with Gasteiger partial charge in [0.25, 0.3) is 5.91 Å². The first-order chi connectivity index (χ1) is 13.5. The second-order valence-corrected chi connectivity index (χ2v) is 7.45. The Morgan fingerprint density at radius 2 is 1.82 bits per heavy atom. The predicted molar refractivity (Wildman–Crippen MR) is 111 cm³/mol. The van der Waals surface area contributed by atoms with Crippen molar-refractivity contribution in [3.05, 3.63) is 41.9 Å². The summed E-state index contributed by atoms with van der Waals surface area (Å²) < 4.78 is 0. The van der Waals surface area contributed by atoms with Crippen LogP contribution in [-0.2, 0) is 11.2 Å². The van der Waals surface area contributed by atoms with Crippen molar-refractivity contribution in [1.29, 1.82) is 0 Å². The molecule has 7 heteroatoms. The molecule has 1 saturated heterocycles. The Kier molecular flexibility index (Phi) is 5.09. The zero-order chi connectivity index (χ0) is 19.7. The van der Waals surface area contributed by atoms with Gasteiger partial charge in [0.2, 0.25) is 0 Å². The smallest absolute Gasteiger partial charge is 0.268 e. The molecule has 0 N–H and O–H groups in total. The van der Waals surface area contributed by atoms with Crippen LogP contribution in [0.4, 0.5) is 17.2 Å². The van der Waals surface area contributed by atoms with Crippen molar-refractivity contribution < 1.29 is 4.79 Å². The first-order valence-corrected chi connectivity index (χ1v) is 9.75. The summed E-state index contributed by atoms with van der Waals surface area (Å²) in [5.74, 6) is 0.757. The number of benzene rings is 1. The van der Waals surface area contributed by atoms with Gasteiger partial charge in [-0.25, -0.2) is 15.0 Å². The number of hydrogen-bond acceptors (Lipinski definition) is 6. The molecule has 0 radical (unpaired) electrons. The lowest BCUT2D eigenvalue weighted by molar-refractivity contribution is -0.125. The van der Waals surface area contributed by atoms with Gasteiger partial charge in [0.1, 0.15) is 17.7 Å². The van der Waals surface area contributed by atoms with Crippen LogP contribution in [0, 0.1) is 6.92 Å². The molecule has 0 unspecified atom stereocenters. The second-order valence-electron chi connectivity index (χ2n) is 7.45. The van der Waals surface area contributed by atoms with Crippen molar-refractivity contribution in [2.75, 3.05) is 44.7 Å². The zero-order valence-corrected chi connectivity index (χ0v) is 16.7. The summed E-state index contributed by atoms with van der Waals surface area (Å²) >= 11 is 0. The van der Waals surface area contributed by atoms with Gasteiger partial charge >= 0.3 is 0 Å². The predicted octanol–water partition coefficient (Wildman–Crippen LogP) is 2.35. The lowest BCUT2D eigenvalue weighted by atomic mass is 10.2. The Labute approximate surface area is 165 Å². The summed E-state index contributed by atoms with van der Waals surface area (Å²) in [4.78, 5) is 32.7. The van der Waals surface area contributed by atoms with E-state index in [1.165, 1.54) is 5.56 Å². The molecule has 7 nitrogen and oxygen atoms in total. The number of amides is 1. The average Bonchev–Trinajstić information content (AvgIpc) is 3.13. The molecule has 0 atom stereocenters. The Hall–Kier alpha value is -2.80. The molecule has 0 spiro atoms. The van der Waals surface area contributed by atoms with Crippen LogP contribution in [0.1, 0.15) is 18.2 Å². The van der Waals surface area contributed by atoms with E-state index >= 15 is 0 Å². The third kappa shape index (κ3) is 3.49. The minimum absolute atomic E-state index is 0.0101. The minimum Gasteiger partial charge on any atom is -0.335 e. The average molecular weight is 378 g/mol. The number of fused-ring (bicyclic) bond motifs is 1. The molecule has 2 aliphatic rings. The zero-order valence-electron chi connectivity index (χ0n) is 16.7. The molecule has 4 rings (SSSR count). The molecule has 0 saturated carbocycles. The second kappa shape index (κ2) is 7.67. The normalized spacial score (nSPS) is 17.8. The largest absolute Gasteiger partial charge is 0.335 e. The third-order valence-corrected chi connectivity index (χ3v) is 5.51. The molecular formula is C21H26N6O. The molecule has 1 fully saturated rings. The molecule has 0 aliphatic carbocycles. The van der Waals surface area contributed by atoms with Gasteiger partial charge in [0.15, 0.2) is 5.82 Å². The molecule has 0 bridgehead atoms. The molecule has 2 aromatic rings. The lowest BCUT2D eigenvalue weighted by Gasteiger charge is -2.32. The van der Waals surface area contributed by atoms with Crippen LogP contribution in [0.3, 0.4) is 0 Å². The molecular weight excluding hydrogens is 352 g/mol. The number of carbonyl (C=O) groups excluding carboxylic acids is 1. The van der Waals surface area contributed by atoms with E-state index < -0.39 is 0 Å². The van der Waals surface area contributed by atoms with Gasteiger partial charge in [-0.15, -0.1) is 0 Å². The number of para-hydroxylation sites is 1. The summed E-state index contributed by atoms with van der Waals surface area (Å²) in [6.45, 7) is 7.81. The van der Waals surface area contributed by atoms with Crippen LogP contribution in [0.5, 0.6) is 0 Å². The van der Waals surface area contributed by atoms with Crippen LogP contribution < -0.4 is 4.90 Å². The van der Waals surface area contributed by atoms with Gasteiger partial charge in [-0.1, -0.05) is 18.2 Å². The van der Waals surface area contributed by atoms with Crippen LogP contribution in [0.25, 0.3) is 0 Å². The lowest BCUT2D eigenvalue weighted by Crippen LogP contribution is -2.48. The van der Waals surface area contributed by atoms with Crippen molar-refractivity contribution in [2.24, 2.45) is 4.99 Å². The van der Waals surface area contributed by atoms with Gasteiger partial charge in [-0.2, -0.15) is 0 Å². The minimum atomic E-state index is -0.0101. The highest BCUT2D eigenvalue weighted by atomic mass is 16.2. The van der Waals surface area contributed by atoms with Crippen molar-refractivity contribution in [1.82, 2.24) is 19.8 Å². The van der Waals surface area contributed by atoms with Crippen molar-refractivity contribution >= 4 is 28.8 Å². The quantitative estimate of drug-likeness (QED) is 0.767. The fourth-order valence-corrected chi connectivity index (χ4v) is 3.79. The van der Waals surface area contributed by atoms with E-state index in [4.69, 9.17) is 4.99 Å². The van der Waals surface area contributed by atoms with Crippen molar-refractivity contribution in [2.45, 2.75) is 20.3 Å². The highest BCUT2D eigenvalue weighted by Crippen LogP contribution is 2.38. The van der Waals surface area contributed by atoms with E-state index in [1.807, 2.05) is 17.9 Å². The van der Waals surface area contributed by atoms with Gasteiger partial charge in [-0.05, 0) is 38.9 Å². The van der Waals surface area contributed by atoms with Crippen molar-refractivity contribution in [3.8, 4) is 0 Å². The summed E-state index contributed by atoms with van der Waals surface area (Å²) in [6.07, 6.45) is 2.55. The number of hydrogen-bond donors (Lipinski definition) is 0. The summed E-state index contributed by atoms with van der Waals surface area (Å²) in [7, 11) is 2.08. The summed E-state index contributed by atoms with van der Waals surface area (Å²) in [6, 6.07) is 8.35. The highest BCUT2D eigenvalue weighted by Gasteiger charge is 2.26. The molecule has 1 aromatic heterocycles. The van der Waals surface area contributed by atoms with E-state index in [2.05, 4.69) is 45.0 Å². The van der Waals surface area contributed by atoms with Gasteiger partial charge in [-0.3, -0.25) is 4.79 Å². The Balaban J connectivity index is 1.65. The SMILES string of the molecule is C/C(=N\c1c(C)ncnc1N1CCc2ccccc21)C(=O)N1CCN(C)CC1. The molecule has 1 aromatic carbocycles. The number of carbonyl (C=O) groups is 1. The number of piperazine rings is 1. The van der Waals surface area contributed by atoms with Crippen molar-refractivity contribution in [3.63, 3.8) is 0 Å². The highest BCUT2D eigenvalue weighted by molar-refractivity contribution is 6.38. The molecule has 146 valence electrons. The number of aryl methyl sites for hydroxylation is 1. The maximum absolute atomic E-state index is 12.9. The van der Waals surface area contributed by atoms with Gasteiger partial charge < -0.3 is 14.7 Å². The molecule has 1 amide bonds. The number of nitrogens with zero attached hydrogens (tertiary/aromatic N) is 6. The molecule has 28 heavy (non-hydrogen) atoms. The van der Waals surface area contributed by atoms with E-state index in [1.54, 1.807) is 13.3 Å². The van der Waals surface area contributed by atoms with Crippen LogP contribution in [0.15, 0.2) is 35.6 Å². The fourth-order valence-electron chi connectivity index (χ4n) is 3.79. The topological polar surface area (TPSA) is 64.9 Å². The first-order valence-electron chi connectivity index (χ1n) is 9.75. The van der Waals surface area contributed by atoms with Crippen LogP contribution in [-0.4, -0.2) is 71.2 Å². The number of rotatable bonds is 3. The van der Waals surface area contributed by atoms with Crippen LogP contribution >= 0.6 is 0 Å². The Morgan fingerprint density at radius 3 is 2.61 bits per heavy atom. The van der Waals surface area contributed by atoms with Crippen LogP contribution in [0.2, 0.25) is 0 Å². The molecule has 3 heterocycles. The number of aromatic nitrogens is 2. The maximum atomic E-state index is 12.9. The summed E-state index contributed by atoms with van der Waals surface area (Å²) in [5, 5.41) is 0. The monoisotopic (exact) mass is 378 g/mol. The maximum Gasteiger partial charge on any atom is 0.268 e. The number of aliphatic imine (C=N–C) groups is 1. The van der Waals surface area contributed by atoms with E-state index in [9.17, 15) is 4.79 Å². The third-order valence-electron chi connectivity index (χ3n) is 5.51. The van der Waals surface area contributed by atoms with E-state index in [-0.39, 0.29) is 5.91 Å². The summed E-state index contributed by atoms with van der Waals surface area (Å²) in [5.41, 5.74) is 4.40. The standard InChI is InChI=1S/C21H26N6O/c1-15-19(24-16(2)21(28)26-12-10-25(3)11-13-26)20(23-14-22-15)27-9-8-17-6-4-5-7-18(17)27/h4-7,14H,8-13H2,1-3H3/b24-16+.